The fourth-order valence-corrected chi connectivity index (χ4v) is 3.36. The second-order valence-electron chi connectivity index (χ2n) is 5.97. The summed E-state index contributed by atoms with van der Waals surface area (Å²) in [6.07, 6.45) is 2.09. The van der Waals surface area contributed by atoms with Crippen LogP contribution < -0.4 is 0 Å². The summed E-state index contributed by atoms with van der Waals surface area (Å²) in [5.41, 5.74) is 1.59. The number of halogens is 1. The van der Waals surface area contributed by atoms with Crippen molar-refractivity contribution in [3.8, 4) is 11.3 Å². The average molecular weight is 359 g/mol. The van der Waals surface area contributed by atoms with E-state index in [-0.39, 0.29) is 11.8 Å². The zero-order valence-corrected chi connectivity index (χ0v) is 14.2. The van der Waals surface area contributed by atoms with Gasteiger partial charge in [0.2, 0.25) is 6.39 Å². The van der Waals surface area contributed by atoms with Gasteiger partial charge in [-0.25, -0.2) is 0 Å². The van der Waals surface area contributed by atoms with Gasteiger partial charge in [-0.3, -0.25) is 4.79 Å². The lowest BCUT2D eigenvalue weighted by Gasteiger charge is -2.16. The minimum absolute atomic E-state index is 0.0756. The van der Waals surface area contributed by atoms with Crippen LogP contribution in [0, 0.1) is 6.92 Å². The lowest BCUT2D eigenvalue weighted by Crippen LogP contribution is -2.29. The molecule has 1 fully saturated rings. The number of aromatic nitrogens is 3. The fourth-order valence-electron chi connectivity index (χ4n) is 3.13. The Kier molecular flexibility index (Phi) is 4.01. The molecule has 2 aromatic heterocycles. The zero-order valence-electron chi connectivity index (χ0n) is 13.5. The largest absolute Gasteiger partial charge is 0.360 e. The summed E-state index contributed by atoms with van der Waals surface area (Å²) in [5, 5.41) is 8.46. The number of nitrogens with zero attached hydrogens (tertiary/aromatic N) is 4. The molecule has 1 amide bonds. The molecule has 8 heteroatoms. The van der Waals surface area contributed by atoms with Crippen LogP contribution in [-0.2, 0) is 0 Å². The summed E-state index contributed by atoms with van der Waals surface area (Å²) in [6.45, 7) is 2.88. The standard InChI is InChI=1S/C17H15ClN4O3/c1-10-14(15(20-25-10)12-4-2-3-5-13(12)18)17(23)22-7-6-11(8-22)16-19-9-24-21-16/h2-5,9,11H,6-8H2,1H3. The van der Waals surface area contributed by atoms with Crippen molar-refractivity contribution < 1.29 is 13.8 Å². The molecule has 3 heterocycles. The lowest BCUT2D eigenvalue weighted by molar-refractivity contribution is 0.0789. The summed E-state index contributed by atoms with van der Waals surface area (Å²) >= 11 is 6.26. The molecule has 1 atom stereocenters. The maximum Gasteiger partial charge on any atom is 0.259 e. The Bertz CT molecular complexity index is 907. The topological polar surface area (TPSA) is 85.3 Å². The van der Waals surface area contributed by atoms with E-state index in [4.69, 9.17) is 20.6 Å². The van der Waals surface area contributed by atoms with Crippen molar-refractivity contribution in [1.29, 1.82) is 0 Å². The molecule has 3 aromatic rings. The molecular formula is C17H15ClN4O3. The van der Waals surface area contributed by atoms with E-state index in [1.165, 1.54) is 6.39 Å². The van der Waals surface area contributed by atoms with Crippen LogP contribution in [-0.4, -0.2) is 39.2 Å². The number of hydrogen-bond donors (Lipinski definition) is 0. The minimum Gasteiger partial charge on any atom is -0.360 e. The van der Waals surface area contributed by atoms with Gasteiger partial charge in [-0.1, -0.05) is 40.1 Å². The van der Waals surface area contributed by atoms with Gasteiger partial charge in [-0.05, 0) is 19.4 Å². The highest BCUT2D eigenvalue weighted by molar-refractivity contribution is 6.33. The van der Waals surface area contributed by atoms with E-state index >= 15 is 0 Å². The lowest BCUT2D eigenvalue weighted by atomic mass is 10.1. The number of amides is 1. The van der Waals surface area contributed by atoms with Gasteiger partial charge < -0.3 is 13.9 Å². The first kappa shape index (κ1) is 15.8. The molecule has 1 aromatic carbocycles. The molecule has 0 bridgehead atoms. The van der Waals surface area contributed by atoms with Crippen molar-refractivity contribution in [1.82, 2.24) is 20.2 Å². The Morgan fingerprint density at radius 2 is 2.16 bits per heavy atom. The number of aryl methyl sites for hydroxylation is 1. The van der Waals surface area contributed by atoms with Crippen molar-refractivity contribution in [2.75, 3.05) is 13.1 Å². The summed E-state index contributed by atoms with van der Waals surface area (Å²) < 4.78 is 10.1. The van der Waals surface area contributed by atoms with Crippen molar-refractivity contribution in [3.63, 3.8) is 0 Å². The number of benzene rings is 1. The molecule has 128 valence electrons. The third-order valence-corrected chi connectivity index (χ3v) is 4.75. The summed E-state index contributed by atoms with van der Waals surface area (Å²) in [7, 11) is 0. The van der Waals surface area contributed by atoms with Crippen LogP contribution in [0.15, 0.2) is 39.7 Å². The Morgan fingerprint density at radius 1 is 1.32 bits per heavy atom. The highest BCUT2D eigenvalue weighted by atomic mass is 35.5. The first-order valence-electron chi connectivity index (χ1n) is 7.92. The molecular weight excluding hydrogens is 344 g/mol. The van der Waals surface area contributed by atoms with Crippen molar-refractivity contribution in [3.05, 3.63) is 52.8 Å². The summed E-state index contributed by atoms with van der Waals surface area (Å²) in [4.78, 5) is 18.9. The predicted molar refractivity (Wildman–Crippen MR) is 89.2 cm³/mol. The first-order chi connectivity index (χ1) is 12.1. The monoisotopic (exact) mass is 358 g/mol. The van der Waals surface area contributed by atoms with E-state index in [9.17, 15) is 4.79 Å². The van der Waals surface area contributed by atoms with Crippen LogP contribution in [0.4, 0.5) is 0 Å². The van der Waals surface area contributed by atoms with Crippen molar-refractivity contribution in [2.24, 2.45) is 0 Å². The van der Waals surface area contributed by atoms with Gasteiger partial charge in [0.15, 0.2) is 5.82 Å². The van der Waals surface area contributed by atoms with Gasteiger partial charge in [0.05, 0.1) is 5.02 Å². The van der Waals surface area contributed by atoms with E-state index < -0.39 is 0 Å². The van der Waals surface area contributed by atoms with Crippen LogP contribution in [0.1, 0.15) is 34.3 Å². The Balaban J connectivity index is 1.63. The van der Waals surface area contributed by atoms with Gasteiger partial charge in [-0.2, -0.15) is 4.98 Å². The Hall–Kier alpha value is -2.67. The van der Waals surface area contributed by atoms with Crippen LogP contribution in [0.3, 0.4) is 0 Å². The van der Waals surface area contributed by atoms with Crippen molar-refractivity contribution in [2.45, 2.75) is 19.3 Å². The first-order valence-corrected chi connectivity index (χ1v) is 8.29. The molecule has 1 aliphatic heterocycles. The predicted octanol–water partition coefficient (Wildman–Crippen LogP) is 3.32. The number of likely N-dealkylation sites (tertiary alicyclic amines) is 1. The second-order valence-corrected chi connectivity index (χ2v) is 6.38. The molecule has 0 spiro atoms. The van der Waals surface area contributed by atoms with Gasteiger partial charge in [0.25, 0.3) is 5.91 Å². The maximum absolute atomic E-state index is 13.1. The third kappa shape index (κ3) is 2.80. The summed E-state index contributed by atoms with van der Waals surface area (Å²) in [6, 6.07) is 7.26. The molecule has 1 unspecified atom stereocenters. The average Bonchev–Trinajstić information content (AvgIpc) is 3.35. The molecule has 0 aliphatic carbocycles. The van der Waals surface area contributed by atoms with Gasteiger partial charge in [0.1, 0.15) is 17.0 Å². The number of carbonyl (C=O) groups is 1. The second kappa shape index (κ2) is 6.33. The van der Waals surface area contributed by atoms with Crippen LogP contribution in [0.2, 0.25) is 5.02 Å². The van der Waals surface area contributed by atoms with Gasteiger partial charge >= 0.3 is 0 Å². The molecule has 0 saturated carbocycles. The van der Waals surface area contributed by atoms with E-state index in [1.807, 2.05) is 18.2 Å². The highest BCUT2D eigenvalue weighted by Crippen LogP contribution is 2.33. The van der Waals surface area contributed by atoms with Crippen LogP contribution in [0.5, 0.6) is 0 Å². The SMILES string of the molecule is Cc1onc(-c2ccccc2Cl)c1C(=O)N1CCC(c2ncon2)C1. The third-order valence-electron chi connectivity index (χ3n) is 4.42. The van der Waals surface area contributed by atoms with Gasteiger partial charge in [0, 0.05) is 24.6 Å². The fraction of sp³-hybridized carbons (Fsp3) is 0.294. The van der Waals surface area contributed by atoms with E-state index in [0.29, 0.717) is 46.5 Å². The minimum atomic E-state index is -0.125. The van der Waals surface area contributed by atoms with Gasteiger partial charge in [-0.15, -0.1) is 0 Å². The Labute approximate surface area is 148 Å². The maximum atomic E-state index is 13.1. The number of hydrogen-bond acceptors (Lipinski definition) is 6. The molecule has 1 aliphatic rings. The quantitative estimate of drug-likeness (QED) is 0.714. The molecule has 25 heavy (non-hydrogen) atoms. The van der Waals surface area contributed by atoms with Crippen LogP contribution >= 0.6 is 11.6 Å². The van der Waals surface area contributed by atoms with E-state index in [1.54, 1.807) is 17.9 Å². The Morgan fingerprint density at radius 3 is 2.92 bits per heavy atom. The molecule has 7 nitrogen and oxygen atoms in total. The van der Waals surface area contributed by atoms with Crippen molar-refractivity contribution >= 4 is 17.5 Å². The van der Waals surface area contributed by atoms with E-state index in [0.717, 1.165) is 6.42 Å². The highest BCUT2D eigenvalue weighted by Gasteiger charge is 2.34. The number of rotatable bonds is 3. The smallest absolute Gasteiger partial charge is 0.259 e. The summed E-state index contributed by atoms with van der Waals surface area (Å²) in [5.74, 6) is 1.05. The van der Waals surface area contributed by atoms with Crippen LogP contribution in [0.25, 0.3) is 11.3 Å². The molecule has 4 rings (SSSR count). The molecule has 0 radical (unpaired) electrons. The van der Waals surface area contributed by atoms with E-state index in [2.05, 4.69) is 15.3 Å². The molecule has 0 N–H and O–H groups in total. The molecule has 1 saturated heterocycles. The zero-order chi connectivity index (χ0) is 17.4. The number of carbonyl (C=O) groups excluding carboxylic acids is 1. The normalized spacial score (nSPS) is 17.2.